The Morgan fingerprint density at radius 2 is 1.61 bits per heavy atom. The predicted octanol–water partition coefficient (Wildman–Crippen LogP) is 3.46. The summed E-state index contributed by atoms with van der Waals surface area (Å²) >= 11 is 0. The molecule has 18 heavy (non-hydrogen) atoms. The van der Waals surface area contributed by atoms with Gasteiger partial charge in [-0.2, -0.15) is 0 Å². The molecule has 1 amide bonds. The van der Waals surface area contributed by atoms with Crippen molar-refractivity contribution in [1.29, 1.82) is 0 Å². The van der Waals surface area contributed by atoms with Gasteiger partial charge in [-0.15, -0.1) is 0 Å². The van der Waals surface area contributed by atoms with E-state index in [-0.39, 0.29) is 0 Å². The molecule has 2 aliphatic carbocycles. The van der Waals surface area contributed by atoms with Crippen LogP contribution < -0.4 is 0 Å². The summed E-state index contributed by atoms with van der Waals surface area (Å²) in [5.74, 6) is 2.73. The SMILES string of the molecule is CCC1(CC)CCN(C(=O)C2CC3CC3C2)CC1. The summed E-state index contributed by atoms with van der Waals surface area (Å²) in [6.07, 6.45) is 8.83. The van der Waals surface area contributed by atoms with Crippen molar-refractivity contribution in [1.82, 2.24) is 4.90 Å². The minimum absolute atomic E-state index is 0.393. The highest BCUT2D eigenvalue weighted by Crippen LogP contribution is 2.54. The lowest BCUT2D eigenvalue weighted by Gasteiger charge is -2.41. The molecular formula is C16H27NO. The lowest BCUT2D eigenvalue weighted by molar-refractivity contribution is -0.138. The molecule has 0 spiro atoms. The van der Waals surface area contributed by atoms with Gasteiger partial charge in [-0.25, -0.2) is 0 Å². The maximum absolute atomic E-state index is 12.5. The van der Waals surface area contributed by atoms with Gasteiger partial charge in [0, 0.05) is 19.0 Å². The summed E-state index contributed by atoms with van der Waals surface area (Å²) in [4.78, 5) is 14.7. The number of nitrogens with zero attached hydrogens (tertiary/aromatic N) is 1. The second-order valence-electron chi connectivity index (χ2n) is 6.96. The summed E-state index contributed by atoms with van der Waals surface area (Å²) in [6.45, 7) is 6.66. The Bertz CT molecular complexity index is 314. The topological polar surface area (TPSA) is 20.3 Å². The Hall–Kier alpha value is -0.530. The van der Waals surface area contributed by atoms with Crippen molar-refractivity contribution in [3.63, 3.8) is 0 Å². The summed E-state index contributed by atoms with van der Waals surface area (Å²) in [7, 11) is 0. The van der Waals surface area contributed by atoms with Crippen molar-refractivity contribution in [2.75, 3.05) is 13.1 Å². The molecule has 0 aromatic heterocycles. The van der Waals surface area contributed by atoms with Crippen LogP contribution in [-0.4, -0.2) is 23.9 Å². The number of amides is 1. The predicted molar refractivity (Wildman–Crippen MR) is 73.2 cm³/mol. The van der Waals surface area contributed by atoms with Gasteiger partial charge in [-0.1, -0.05) is 26.7 Å². The Morgan fingerprint density at radius 3 is 2.11 bits per heavy atom. The van der Waals surface area contributed by atoms with Crippen LogP contribution >= 0.6 is 0 Å². The smallest absolute Gasteiger partial charge is 0.225 e. The molecule has 2 unspecified atom stereocenters. The molecule has 3 aliphatic rings. The van der Waals surface area contributed by atoms with E-state index in [1.54, 1.807) is 0 Å². The fourth-order valence-electron chi connectivity index (χ4n) is 4.33. The summed E-state index contributed by atoms with van der Waals surface area (Å²) in [5.41, 5.74) is 0.536. The molecule has 2 nitrogen and oxygen atoms in total. The molecule has 3 rings (SSSR count). The molecule has 1 saturated heterocycles. The quantitative estimate of drug-likeness (QED) is 0.750. The highest BCUT2D eigenvalue weighted by Gasteiger charge is 2.49. The highest BCUT2D eigenvalue weighted by atomic mass is 16.2. The van der Waals surface area contributed by atoms with Gasteiger partial charge in [0.15, 0.2) is 0 Å². The molecule has 1 aliphatic heterocycles. The first kappa shape index (κ1) is 12.5. The van der Waals surface area contributed by atoms with Crippen LogP contribution in [0.25, 0.3) is 0 Å². The Labute approximate surface area is 111 Å². The van der Waals surface area contributed by atoms with E-state index in [1.165, 1.54) is 44.9 Å². The lowest BCUT2D eigenvalue weighted by Crippen LogP contribution is -2.45. The van der Waals surface area contributed by atoms with E-state index in [0.717, 1.165) is 24.9 Å². The number of hydrogen-bond donors (Lipinski definition) is 0. The van der Waals surface area contributed by atoms with Crippen LogP contribution in [0, 0.1) is 23.2 Å². The zero-order chi connectivity index (χ0) is 12.8. The minimum Gasteiger partial charge on any atom is -0.342 e. The Morgan fingerprint density at radius 1 is 1.06 bits per heavy atom. The van der Waals surface area contributed by atoms with Crippen LogP contribution in [0.2, 0.25) is 0 Å². The van der Waals surface area contributed by atoms with E-state index in [0.29, 0.717) is 17.2 Å². The van der Waals surface area contributed by atoms with E-state index in [1.807, 2.05) is 0 Å². The maximum atomic E-state index is 12.5. The average molecular weight is 249 g/mol. The first-order chi connectivity index (χ1) is 8.67. The third-order valence-electron chi connectivity index (χ3n) is 6.23. The minimum atomic E-state index is 0.393. The van der Waals surface area contributed by atoms with Crippen LogP contribution in [0.4, 0.5) is 0 Å². The molecule has 3 fully saturated rings. The molecule has 0 bridgehead atoms. The van der Waals surface area contributed by atoms with Crippen LogP contribution in [0.3, 0.4) is 0 Å². The first-order valence-electron chi connectivity index (χ1n) is 7.96. The number of piperidine rings is 1. The molecule has 2 atom stereocenters. The summed E-state index contributed by atoms with van der Waals surface area (Å²) < 4.78 is 0. The zero-order valence-electron chi connectivity index (χ0n) is 12.0. The summed E-state index contributed by atoms with van der Waals surface area (Å²) in [5, 5.41) is 0. The third-order valence-corrected chi connectivity index (χ3v) is 6.23. The van der Waals surface area contributed by atoms with Gasteiger partial charge in [0.25, 0.3) is 0 Å². The van der Waals surface area contributed by atoms with E-state index >= 15 is 0 Å². The van der Waals surface area contributed by atoms with Crippen LogP contribution in [0.1, 0.15) is 58.8 Å². The van der Waals surface area contributed by atoms with Crippen molar-refractivity contribution in [3.8, 4) is 0 Å². The molecule has 0 aromatic carbocycles. The van der Waals surface area contributed by atoms with Crippen molar-refractivity contribution in [2.45, 2.75) is 58.8 Å². The molecule has 0 N–H and O–H groups in total. The van der Waals surface area contributed by atoms with E-state index in [4.69, 9.17) is 0 Å². The van der Waals surface area contributed by atoms with Gasteiger partial charge in [0.05, 0.1) is 0 Å². The van der Waals surface area contributed by atoms with Crippen molar-refractivity contribution >= 4 is 5.91 Å². The van der Waals surface area contributed by atoms with Crippen LogP contribution in [0.15, 0.2) is 0 Å². The standard InChI is InChI=1S/C16H27NO/c1-3-16(4-2)5-7-17(8-6-16)15(18)14-10-12-9-13(12)11-14/h12-14H,3-11H2,1-2H3. The summed E-state index contributed by atoms with van der Waals surface area (Å²) in [6, 6.07) is 0. The fraction of sp³-hybridized carbons (Fsp3) is 0.938. The van der Waals surface area contributed by atoms with E-state index < -0.39 is 0 Å². The monoisotopic (exact) mass is 249 g/mol. The van der Waals surface area contributed by atoms with E-state index in [9.17, 15) is 4.79 Å². The second kappa shape index (κ2) is 4.54. The molecule has 102 valence electrons. The van der Waals surface area contributed by atoms with Crippen molar-refractivity contribution in [3.05, 3.63) is 0 Å². The van der Waals surface area contributed by atoms with Gasteiger partial charge in [0.2, 0.25) is 5.91 Å². The molecule has 2 heteroatoms. The van der Waals surface area contributed by atoms with Gasteiger partial charge in [-0.3, -0.25) is 4.79 Å². The number of fused-ring (bicyclic) bond motifs is 1. The third kappa shape index (κ3) is 2.08. The fourth-order valence-corrected chi connectivity index (χ4v) is 4.33. The Balaban J connectivity index is 1.54. The number of likely N-dealkylation sites (tertiary alicyclic amines) is 1. The number of carbonyl (C=O) groups is 1. The zero-order valence-corrected chi connectivity index (χ0v) is 12.0. The molecule has 1 heterocycles. The molecule has 2 saturated carbocycles. The van der Waals surface area contributed by atoms with Gasteiger partial charge >= 0.3 is 0 Å². The van der Waals surface area contributed by atoms with Gasteiger partial charge in [0.1, 0.15) is 0 Å². The highest BCUT2D eigenvalue weighted by molar-refractivity contribution is 5.79. The average Bonchev–Trinajstić information content (AvgIpc) is 3.04. The largest absolute Gasteiger partial charge is 0.342 e. The van der Waals surface area contributed by atoms with Crippen molar-refractivity contribution in [2.24, 2.45) is 23.2 Å². The molecule has 0 aromatic rings. The lowest BCUT2D eigenvalue weighted by atomic mass is 9.74. The molecule has 0 radical (unpaired) electrons. The number of hydrogen-bond acceptors (Lipinski definition) is 1. The number of carbonyl (C=O) groups excluding carboxylic acids is 1. The molecular weight excluding hydrogens is 222 g/mol. The number of rotatable bonds is 3. The van der Waals surface area contributed by atoms with Gasteiger partial charge < -0.3 is 4.90 Å². The second-order valence-corrected chi connectivity index (χ2v) is 6.96. The first-order valence-corrected chi connectivity index (χ1v) is 7.96. The van der Waals surface area contributed by atoms with Crippen LogP contribution in [0.5, 0.6) is 0 Å². The van der Waals surface area contributed by atoms with Gasteiger partial charge in [-0.05, 0) is 49.4 Å². The maximum Gasteiger partial charge on any atom is 0.225 e. The van der Waals surface area contributed by atoms with Crippen LogP contribution in [-0.2, 0) is 4.79 Å². The van der Waals surface area contributed by atoms with Crippen molar-refractivity contribution < 1.29 is 4.79 Å². The van der Waals surface area contributed by atoms with E-state index in [2.05, 4.69) is 18.7 Å². The normalized spacial score (nSPS) is 37.4. The Kier molecular flexibility index (Phi) is 3.15.